The quantitative estimate of drug-likeness (QED) is 0.185. The van der Waals surface area contributed by atoms with Crippen LogP contribution in [0.5, 0.6) is 5.75 Å². The van der Waals surface area contributed by atoms with Crippen molar-refractivity contribution < 1.29 is 37.0 Å². The standard InChI is InChI=1S/C30H28F3N5O5/c1-16-27-20-10-9-19(35-30(40)42-2)14-23(20)36-26(39)6-4-3-5-21(28(34-16)37-27)24-11-7-17(15-38(24)41)22-13-18(31)8-12-25(22)43-29(32)33/h7-15,21,29H,3-6H2,1-2H3,(H,34,37)(H,35,40)(H,36,39)/t21-/m1/s1. The van der Waals surface area contributed by atoms with Gasteiger partial charge in [-0.1, -0.05) is 6.42 Å². The van der Waals surface area contributed by atoms with Crippen molar-refractivity contribution in [1.82, 2.24) is 9.97 Å². The van der Waals surface area contributed by atoms with Crippen LogP contribution in [0.2, 0.25) is 0 Å². The van der Waals surface area contributed by atoms with Gasteiger partial charge >= 0.3 is 12.7 Å². The molecule has 3 heterocycles. The minimum absolute atomic E-state index is 0.00921. The summed E-state index contributed by atoms with van der Waals surface area (Å²) in [6.45, 7) is -1.31. The Morgan fingerprint density at radius 1 is 1.14 bits per heavy atom. The molecule has 2 amide bonds. The molecular weight excluding hydrogens is 567 g/mol. The number of H-pyrrole nitrogens is 1. The van der Waals surface area contributed by atoms with E-state index in [1.54, 1.807) is 30.3 Å². The van der Waals surface area contributed by atoms with Gasteiger partial charge in [-0.15, -0.1) is 0 Å². The second kappa shape index (κ2) is 12.4. The predicted molar refractivity (Wildman–Crippen MR) is 151 cm³/mol. The largest absolute Gasteiger partial charge is 0.618 e. The summed E-state index contributed by atoms with van der Waals surface area (Å²) in [5.41, 5.74) is 3.22. The third-order valence-corrected chi connectivity index (χ3v) is 7.13. The number of hydrogen-bond acceptors (Lipinski definition) is 6. The molecule has 0 spiro atoms. The van der Waals surface area contributed by atoms with Crippen molar-refractivity contribution in [3.8, 4) is 28.1 Å². The van der Waals surface area contributed by atoms with E-state index in [0.29, 0.717) is 63.8 Å². The second-order valence-electron chi connectivity index (χ2n) is 10.0. The van der Waals surface area contributed by atoms with Crippen LogP contribution in [-0.2, 0) is 9.53 Å². The number of ether oxygens (including phenoxy) is 2. The topological polar surface area (TPSA) is 132 Å². The number of imidazole rings is 1. The van der Waals surface area contributed by atoms with E-state index in [1.165, 1.54) is 13.3 Å². The monoisotopic (exact) mass is 595 g/mol. The zero-order valence-corrected chi connectivity index (χ0v) is 23.2. The summed E-state index contributed by atoms with van der Waals surface area (Å²) < 4.78 is 49.7. The van der Waals surface area contributed by atoms with Gasteiger partial charge < -0.3 is 25.0 Å². The van der Waals surface area contributed by atoms with Crippen LogP contribution in [0.15, 0.2) is 54.7 Å². The number of aromatic amines is 1. The number of rotatable bonds is 5. The number of anilines is 2. The van der Waals surface area contributed by atoms with Crippen LogP contribution in [0.3, 0.4) is 0 Å². The highest BCUT2D eigenvalue weighted by atomic mass is 19.3. The molecule has 0 radical (unpaired) electrons. The summed E-state index contributed by atoms with van der Waals surface area (Å²) in [4.78, 5) is 32.7. The molecule has 1 aliphatic rings. The fraction of sp³-hybridized carbons (Fsp3) is 0.267. The SMILES string of the molecule is COC(=O)Nc1ccc2c(c1)NC(=O)CCCC[C@H](c1ccc(-c3cc(F)ccc3OC(F)F)c[n+]1[O-])c1nc-2c(C)[nH]1. The number of alkyl halides is 2. The van der Waals surface area contributed by atoms with Gasteiger partial charge in [0.1, 0.15) is 23.3 Å². The summed E-state index contributed by atoms with van der Waals surface area (Å²) in [5, 5.41) is 18.9. The number of aryl methyl sites for hydroxylation is 1. The van der Waals surface area contributed by atoms with Gasteiger partial charge in [0.25, 0.3) is 0 Å². The smallest absolute Gasteiger partial charge is 0.411 e. The molecular formula is C30H28F3N5O5. The molecule has 4 aromatic rings. The number of fused-ring (bicyclic) bond motifs is 4. The minimum atomic E-state index is -3.13. The van der Waals surface area contributed by atoms with Crippen LogP contribution in [0.4, 0.5) is 29.3 Å². The van der Waals surface area contributed by atoms with Crippen molar-refractivity contribution in [2.75, 3.05) is 17.7 Å². The van der Waals surface area contributed by atoms with Gasteiger partial charge in [-0.2, -0.15) is 13.5 Å². The summed E-state index contributed by atoms with van der Waals surface area (Å²) in [6.07, 6.45) is 2.35. The summed E-state index contributed by atoms with van der Waals surface area (Å²) >= 11 is 0. The van der Waals surface area contributed by atoms with Gasteiger partial charge in [0.2, 0.25) is 11.6 Å². The van der Waals surface area contributed by atoms with E-state index in [2.05, 4.69) is 25.1 Å². The van der Waals surface area contributed by atoms with Crippen molar-refractivity contribution in [3.05, 3.63) is 83.0 Å². The van der Waals surface area contributed by atoms with Crippen molar-refractivity contribution in [2.24, 2.45) is 0 Å². The molecule has 10 nitrogen and oxygen atoms in total. The summed E-state index contributed by atoms with van der Waals surface area (Å²) in [6, 6.07) is 11.2. The molecule has 43 heavy (non-hydrogen) atoms. The molecule has 2 aromatic heterocycles. The third-order valence-electron chi connectivity index (χ3n) is 7.13. The third kappa shape index (κ3) is 6.55. The van der Waals surface area contributed by atoms with Gasteiger partial charge in [-0.25, -0.2) is 14.2 Å². The fourth-order valence-corrected chi connectivity index (χ4v) is 5.13. The molecule has 0 saturated carbocycles. The van der Waals surface area contributed by atoms with Crippen LogP contribution >= 0.6 is 0 Å². The molecule has 1 aliphatic heterocycles. The molecule has 0 saturated heterocycles. The number of aromatic nitrogens is 3. The summed E-state index contributed by atoms with van der Waals surface area (Å²) in [5.74, 6) is -1.14. The Morgan fingerprint density at radius 2 is 1.95 bits per heavy atom. The highest BCUT2D eigenvalue weighted by molar-refractivity contribution is 5.97. The molecule has 13 heteroatoms. The summed E-state index contributed by atoms with van der Waals surface area (Å²) in [7, 11) is 1.25. The predicted octanol–water partition coefficient (Wildman–Crippen LogP) is 6.25. The Bertz CT molecular complexity index is 1680. The number of halogens is 3. The van der Waals surface area contributed by atoms with Gasteiger partial charge in [-0.3, -0.25) is 10.1 Å². The number of carbonyl (C=O) groups excluding carboxylic acids is 2. The van der Waals surface area contributed by atoms with E-state index in [9.17, 15) is 28.0 Å². The van der Waals surface area contributed by atoms with Crippen LogP contribution < -0.4 is 20.1 Å². The van der Waals surface area contributed by atoms with Crippen LogP contribution in [0.1, 0.15) is 48.8 Å². The molecule has 2 bridgehead atoms. The number of hydrogen-bond donors (Lipinski definition) is 3. The Hall–Kier alpha value is -5.07. The van der Waals surface area contributed by atoms with Crippen molar-refractivity contribution in [1.29, 1.82) is 0 Å². The number of nitrogens with zero attached hydrogens (tertiary/aromatic N) is 2. The van der Waals surface area contributed by atoms with Gasteiger partial charge in [0.15, 0.2) is 6.20 Å². The zero-order valence-electron chi connectivity index (χ0n) is 23.2. The normalized spacial score (nSPS) is 15.1. The van der Waals surface area contributed by atoms with E-state index in [-0.39, 0.29) is 29.2 Å². The molecule has 224 valence electrons. The maximum atomic E-state index is 14.0. The lowest BCUT2D eigenvalue weighted by Gasteiger charge is -2.17. The van der Waals surface area contributed by atoms with Crippen LogP contribution in [-0.4, -0.2) is 35.7 Å². The van der Waals surface area contributed by atoms with E-state index in [4.69, 9.17) is 4.98 Å². The van der Waals surface area contributed by atoms with E-state index < -0.39 is 24.4 Å². The number of nitrogens with one attached hydrogen (secondary N) is 3. The second-order valence-corrected chi connectivity index (χ2v) is 10.0. The van der Waals surface area contributed by atoms with Crippen molar-refractivity contribution >= 4 is 23.4 Å². The number of amides is 2. The van der Waals surface area contributed by atoms with Gasteiger partial charge in [0, 0.05) is 35.0 Å². The molecule has 1 atom stereocenters. The molecule has 0 fully saturated rings. The van der Waals surface area contributed by atoms with Gasteiger partial charge in [-0.05, 0) is 62.2 Å². The highest BCUT2D eigenvalue weighted by Gasteiger charge is 2.28. The lowest BCUT2D eigenvalue weighted by atomic mass is 9.95. The Morgan fingerprint density at radius 3 is 2.70 bits per heavy atom. The van der Waals surface area contributed by atoms with Crippen molar-refractivity contribution in [3.63, 3.8) is 0 Å². The Kier molecular flexibility index (Phi) is 8.51. The molecule has 5 rings (SSSR count). The first kappa shape index (κ1) is 29.4. The average Bonchev–Trinajstić information content (AvgIpc) is 3.34. The number of methoxy groups -OCH3 is 1. The maximum absolute atomic E-state index is 14.0. The average molecular weight is 596 g/mol. The maximum Gasteiger partial charge on any atom is 0.411 e. The Balaban J connectivity index is 1.55. The highest BCUT2D eigenvalue weighted by Crippen LogP contribution is 2.37. The zero-order chi connectivity index (χ0) is 30.7. The minimum Gasteiger partial charge on any atom is -0.618 e. The van der Waals surface area contributed by atoms with E-state index in [1.807, 2.05) is 6.92 Å². The van der Waals surface area contributed by atoms with Crippen molar-refractivity contribution in [2.45, 2.75) is 45.1 Å². The first-order chi connectivity index (χ1) is 20.6. The number of benzene rings is 2. The van der Waals surface area contributed by atoms with Crippen LogP contribution in [0.25, 0.3) is 22.4 Å². The number of pyridine rings is 1. The lowest BCUT2D eigenvalue weighted by Crippen LogP contribution is -2.34. The van der Waals surface area contributed by atoms with E-state index in [0.717, 1.165) is 18.2 Å². The first-order valence-electron chi connectivity index (χ1n) is 13.5. The van der Waals surface area contributed by atoms with E-state index >= 15 is 0 Å². The fourth-order valence-electron chi connectivity index (χ4n) is 5.13. The lowest BCUT2D eigenvalue weighted by molar-refractivity contribution is -0.614. The van der Waals surface area contributed by atoms with Crippen LogP contribution in [0, 0.1) is 17.9 Å². The molecule has 0 aliphatic carbocycles. The molecule has 3 N–H and O–H groups in total. The first-order valence-corrected chi connectivity index (χ1v) is 13.5. The number of carbonyl (C=O) groups is 2. The Labute approximate surface area is 244 Å². The molecule has 0 unspecified atom stereocenters. The molecule has 2 aromatic carbocycles. The van der Waals surface area contributed by atoms with Gasteiger partial charge in [0.05, 0.1) is 24.1 Å².